The highest BCUT2D eigenvalue weighted by Crippen LogP contribution is 2.35. The monoisotopic (exact) mass is 601 g/mol. The fourth-order valence-corrected chi connectivity index (χ4v) is 5.48. The maximum atomic E-state index is 12.8. The van der Waals surface area contributed by atoms with E-state index in [1.165, 1.54) is 7.11 Å². The summed E-state index contributed by atoms with van der Waals surface area (Å²) in [6.07, 6.45) is 3.44. The maximum Gasteiger partial charge on any atom is 0.294 e. The van der Waals surface area contributed by atoms with Crippen LogP contribution in [0.2, 0.25) is 0 Å². The first-order chi connectivity index (χ1) is 18.2. The van der Waals surface area contributed by atoms with Crippen LogP contribution < -0.4 is 14.8 Å². The van der Waals surface area contributed by atoms with Gasteiger partial charge in [-0.25, -0.2) is 0 Å². The molecule has 0 unspecified atom stereocenters. The van der Waals surface area contributed by atoms with Crippen molar-refractivity contribution in [2.45, 2.75) is 26.7 Å². The van der Waals surface area contributed by atoms with E-state index in [0.29, 0.717) is 35.8 Å². The van der Waals surface area contributed by atoms with E-state index in [1.807, 2.05) is 26.0 Å². The maximum absolute atomic E-state index is 12.8. The van der Waals surface area contributed by atoms with Gasteiger partial charge in [0.25, 0.3) is 17.1 Å². The molecule has 38 heavy (non-hydrogen) atoms. The highest BCUT2D eigenvalue weighted by atomic mass is 79.9. The molecule has 2 saturated heterocycles. The van der Waals surface area contributed by atoms with E-state index in [0.717, 1.165) is 45.1 Å². The first kappa shape index (κ1) is 27.7. The molecule has 0 saturated carbocycles. The SMILES string of the molecule is COc1cc(/C=C2\SC(=O)N(CC(=O)N3CCCC3)C2=O)ccc1OCC(=O)Nc1cc(C)c(C)cc1Br. The zero-order valence-electron chi connectivity index (χ0n) is 21.3. The Morgan fingerprint density at radius 3 is 2.50 bits per heavy atom. The Hall–Kier alpha value is -3.31. The topological polar surface area (TPSA) is 105 Å². The summed E-state index contributed by atoms with van der Waals surface area (Å²) < 4.78 is 11.9. The molecule has 4 amide bonds. The van der Waals surface area contributed by atoms with Crippen LogP contribution in [0.25, 0.3) is 6.08 Å². The number of methoxy groups -OCH3 is 1. The van der Waals surface area contributed by atoms with Gasteiger partial charge < -0.3 is 19.7 Å². The van der Waals surface area contributed by atoms with Gasteiger partial charge >= 0.3 is 0 Å². The minimum atomic E-state index is -0.499. The Kier molecular flexibility index (Phi) is 8.78. The van der Waals surface area contributed by atoms with Crippen molar-refractivity contribution in [3.8, 4) is 11.5 Å². The smallest absolute Gasteiger partial charge is 0.294 e. The van der Waals surface area contributed by atoms with Crippen LogP contribution in [-0.4, -0.2) is 66.1 Å². The molecule has 0 aliphatic carbocycles. The second kappa shape index (κ2) is 12.0. The molecular formula is C27H28BrN3O6S. The largest absolute Gasteiger partial charge is 0.493 e. The lowest BCUT2D eigenvalue weighted by molar-refractivity contribution is -0.135. The molecular weight excluding hydrogens is 574 g/mol. The highest BCUT2D eigenvalue weighted by molar-refractivity contribution is 9.10. The number of halogens is 1. The third-order valence-corrected chi connectivity index (χ3v) is 7.89. The van der Waals surface area contributed by atoms with Crippen molar-refractivity contribution in [1.82, 2.24) is 9.80 Å². The number of thioether (sulfide) groups is 1. The third kappa shape index (κ3) is 6.39. The normalized spacial score (nSPS) is 16.4. The Labute approximate surface area is 233 Å². The lowest BCUT2D eigenvalue weighted by Gasteiger charge is -2.18. The molecule has 0 aromatic heterocycles. The minimum absolute atomic E-state index is 0.219. The van der Waals surface area contributed by atoms with Crippen LogP contribution in [0.15, 0.2) is 39.7 Å². The summed E-state index contributed by atoms with van der Waals surface area (Å²) in [5, 5.41) is 2.35. The van der Waals surface area contributed by atoms with Crippen LogP contribution >= 0.6 is 27.7 Å². The second-order valence-electron chi connectivity index (χ2n) is 9.02. The van der Waals surface area contributed by atoms with Crippen LogP contribution in [0, 0.1) is 13.8 Å². The van der Waals surface area contributed by atoms with Gasteiger partial charge in [-0.15, -0.1) is 0 Å². The van der Waals surface area contributed by atoms with E-state index < -0.39 is 11.1 Å². The summed E-state index contributed by atoms with van der Waals surface area (Å²) in [4.78, 5) is 53.0. The molecule has 2 aliphatic rings. The summed E-state index contributed by atoms with van der Waals surface area (Å²) in [7, 11) is 1.47. The van der Waals surface area contributed by atoms with E-state index in [2.05, 4.69) is 21.2 Å². The molecule has 1 N–H and O–H groups in total. The average molecular weight is 603 g/mol. The molecule has 2 aromatic carbocycles. The molecule has 2 fully saturated rings. The number of imide groups is 1. The summed E-state index contributed by atoms with van der Waals surface area (Å²) in [5.74, 6) is -0.341. The molecule has 2 heterocycles. The zero-order chi connectivity index (χ0) is 27.4. The number of rotatable bonds is 8. The molecule has 0 spiro atoms. The number of nitrogens with zero attached hydrogens (tertiary/aromatic N) is 2. The number of likely N-dealkylation sites (tertiary alicyclic amines) is 1. The van der Waals surface area contributed by atoms with Crippen molar-refractivity contribution in [3.63, 3.8) is 0 Å². The summed E-state index contributed by atoms with van der Waals surface area (Å²) >= 11 is 4.26. The number of hydrogen-bond acceptors (Lipinski definition) is 7. The van der Waals surface area contributed by atoms with Gasteiger partial charge in [-0.1, -0.05) is 6.07 Å². The number of carbonyl (C=O) groups excluding carboxylic acids is 4. The van der Waals surface area contributed by atoms with Crippen LogP contribution in [0.5, 0.6) is 11.5 Å². The summed E-state index contributed by atoms with van der Waals surface area (Å²) in [6, 6.07) is 8.80. The van der Waals surface area contributed by atoms with E-state index in [-0.39, 0.29) is 29.9 Å². The summed E-state index contributed by atoms with van der Waals surface area (Å²) in [5.41, 5.74) is 3.42. The Morgan fingerprint density at radius 1 is 1.08 bits per heavy atom. The first-order valence-electron chi connectivity index (χ1n) is 12.1. The van der Waals surface area contributed by atoms with E-state index in [1.54, 1.807) is 29.2 Å². The molecule has 0 bridgehead atoms. The lowest BCUT2D eigenvalue weighted by atomic mass is 10.1. The number of nitrogens with one attached hydrogen (secondary N) is 1. The average Bonchev–Trinajstić information content (AvgIpc) is 3.51. The number of benzene rings is 2. The van der Waals surface area contributed by atoms with Gasteiger partial charge in [0.15, 0.2) is 18.1 Å². The first-order valence-corrected chi connectivity index (χ1v) is 13.7. The third-order valence-electron chi connectivity index (χ3n) is 6.33. The van der Waals surface area contributed by atoms with Gasteiger partial charge in [0.05, 0.1) is 17.7 Å². The van der Waals surface area contributed by atoms with Gasteiger partial charge in [0, 0.05) is 17.6 Å². The van der Waals surface area contributed by atoms with Crippen molar-refractivity contribution in [2.24, 2.45) is 0 Å². The van der Waals surface area contributed by atoms with Crippen molar-refractivity contribution >= 4 is 62.4 Å². The number of anilines is 1. The van der Waals surface area contributed by atoms with Gasteiger partial charge in [-0.2, -0.15) is 0 Å². The van der Waals surface area contributed by atoms with Crippen LogP contribution in [0.1, 0.15) is 29.5 Å². The molecule has 2 aliphatic heterocycles. The molecule has 200 valence electrons. The fraction of sp³-hybridized carbons (Fsp3) is 0.333. The molecule has 9 nitrogen and oxygen atoms in total. The number of ether oxygens (including phenoxy) is 2. The molecule has 4 rings (SSSR count). The van der Waals surface area contributed by atoms with Crippen LogP contribution in [-0.2, 0) is 14.4 Å². The summed E-state index contributed by atoms with van der Waals surface area (Å²) in [6.45, 7) is 4.78. The van der Waals surface area contributed by atoms with Gasteiger partial charge in [-0.3, -0.25) is 24.1 Å². The Morgan fingerprint density at radius 2 is 1.79 bits per heavy atom. The minimum Gasteiger partial charge on any atom is -0.493 e. The van der Waals surface area contributed by atoms with Gasteiger partial charge in [-0.05, 0) is 101 Å². The van der Waals surface area contributed by atoms with Gasteiger partial charge in [0.1, 0.15) is 6.54 Å². The standard InChI is InChI=1S/C27H28BrN3O6S/c1-16-10-19(28)20(11-17(16)2)29-24(32)15-37-21-7-6-18(12-22(21)36-3)13-23-26(34)31(27(35)38-23)14-25(33)30-8-4-5-9-30/h6-7,10-13H,4-5,8-9,14-15H2,1-3H3,(H,29,32)/b23-13-. The quantitative estimate of drug-likeness (QED) is 0.435. The Balaban J connectivity index is 1.39. The van der Waals surface area contributed by atoms with E-state index >= 15 is 0 Å². The van der Waals surface area contributed by atoms with Crippen molar-refractivity contribution in [3.05, 3.63) is 56.4 Å². The molecule has 0 radical (unpaired) electrons. The predicted octanol–water partition coefficient (Wildman–Crippen LogP) is 4.75. The number of carbonyl (C=O) groups is 4. The molecule has 11 heteroatoms. The van der Waals surface area contributed by atoms with Crippen LogP contribution in [0.3, 0.4) is 0 Å². The predicted molar refractivity (Wildman–Crippen MR) is 149 cm³/mol. The number of amides is 4. The van der Waals surface area contributed by atoms with Crippen molar-refractivity contribution in [1.29, 1.82) is 0 Å². The highest BCUT2D eigenvalue weighted by Gasteiger charge is 2.37. The number of aryl methyl sites for hydroxylation is 2. The van der Waals surface area contributed by atoms with Crippen LogP contribution in [0.4, 0.5) is 10.5 Å². The Bertz CT molecular complexity index is 1320. The lowest BCUT2D eigenvalue weighted by Crippen LogP contribution is -2.40. The number of hydrogen-bond donors (Lipinski definition) is 1. The van der Waals surface area contributed by atoms with E-state index in [4.69, 9.17) is 9.47 Å². The molecule has 0 atom stereocenters. The van der Waals surface area contributed by atoms with Crippen molar-refractivity contribution in [2.75, 3.05) is 38.7 Å². The van der Waals surface area contributed by atoms with E-state index in [9.17, 15) is 19.2 Å². The second-order valence-corrected chi connectivity index (χ2v) is 10.9. The van der Waals surface area contributed by atoms with Crippen molar-refractivity contribution < 1.29 is 28.7 Å². The zero-order valence-corrected chi connectivity index (χ0v) is 23.7. The molecule has 2 aromatic rings. The van der Waals surface area contributed by atoms with Gasteiger partial charge in [0.2, 0.25) is 5.91 Å². The fourth-order valence-electron chi connectivity index (χ4n) is 4.09.